The summed E-state index contributed by atoms with van der Waals surface area (Å²) < 4.78 is 0. The minimum atomic E-state index is -1.41. The fraction of sp³-hybridized carbons (Fsp3) is 0.261. The van der Waals surface area contributed by atoms with Crippen LogP contribution in [0.3, 0.4) is 0 Å². The number of benzene rings is 2. The number of hydrogen-bond acceptors (Lipinski definition) is 4. The number of fused-ring (bicyclic) bond motifs is 2. The monoisotopic (exact) mass is 400 g/mol. The van der Waals surface area contributed by atoms with Crippen LogP contribution in [0.15, 0.2) is 42.5 Å². The van der Waals surface area contributed by atoms with Crippen molar-refractivity contribution in [2.45, 2.75) is 39.2 Å². The quantitative estimate of drug-likeness (QED) is 0.525. The zero-order valence-corrected chi connectivity index (χ0v) is 18.0. The maximum atomic E-state index is 13.3. The highest BCUT2D eigenvalue weighted by Gasteiger charge is 2.26. The highest BCUT2D eigenvalue weighted by atomic mass is 28.3. The SMILES string of the molecule is C[Si](C)(C)C#CCc1ccc2nc(N)nc(C(=O)N3Cc4ccccc4C3)c2c1. The van der Waals surface area contributed by atoms with E-state index in [1.807, 2.05) is 35.2 Å². The van der Waals surface area contributed by atoms with Gasteiger partial charge in [0.25, 0.3) is 5.91 Å². The van der Waals surface area contributed by atoms with Crippen LogP contribution in [0.4, 0.5) is 5.95 Å². The van der Waals surface area contributed by atoms with Gasteiger partial charge in [-0.25, -0.2) is 9.97 Å². The molecule has 0 unspecified atom stereocenters. The lowest BCUT2D eigenvalue weighted by molar-refractivity contribution is 0.0747. The molecule has 0 aliphatic carbocycles. The molecule has 2 aromatic carbocycles. The van der Waals surface area contributed by atoms with E-state index in [4.69, 9.17) is 5.73 Å². The third-order valence-electron chi connectivity index (χ3n) is 4.86. The van der Waals surface area contributed by atoms with E-state index in [1.54, 1.807) is 0 Å². The lowest BCUT2D eigenvalue weighted by atomic mass is 10.1. The van der Waals surface area contributed by atoms with Gasteiger partial charge in [-0.3, -0.25) is 4.79 Å². The lowest BCUT2D eigenvalue weighted by Gasteiger charge is -2.16. The summed E-state index contributed by atoms with van der Waals surface area (Å²) in [5, 5.41) is 0.729. The van der Waals surface area contributed by atoms with Crippen molar-refractivity contribution in [3.05, 3.63) is 64.8 Å². The topological polar surface area (TPSA) is 72.1 Å². The molecule has 0 saturated carbocycles. The van der Waals surface area contributed by atoms with Gasteiger partial charge >= 0.3 is 0 Å². The van der Waals surface area contributed by atoms with E-state index >= 15 is 0 Å². The molecule has 0 fully saturated rings. The largest absolute Gasteiger partial charge is 0.368 e. The number of amides is 1. The second kappa shape index (κ2) is 7.34. The Kier molecular flexibility index (Phi) is 4.85. The summed E-state index contributed by atoms with van der Waals surface area (Å²) in [6.45, 7) is 7.84. The molecule has 3 aromatic rings. The Morgan fingerprint density at radius 1 is 1.10 bits per heavy atom. The molecule has 29 heavy (non-hydrogen) atoms. The van der Waals surface area contributed by atoms with Gasteiger partial charge in [0.05, 0.1) is 5.52 Å². The second-order valence-corrected chi connectivity index (χ2v) is 13.2. The number of hydrogen-bond donors (Lipinski definition) is 1. The molecule has 2 N–H and O–H groups in total. The summed E-state index contributed by atoms with van der Waals surface area (Å²) in [7, 11) is -1.41. The van der Waals surface area contributed by atoms with E-state index in [0.29, 0.717) is 30.7 Å². The van der Waals surface area contributed by atoms with Gasteiger partial charge in [0.15, 0.2) is 0 Å². The van der Waals surface area contributed by atoms with Crippen LogP contribution in [-0.2, 0) is 19.5 Å². The van der Waals surface area contributed by atoms with Crippen molar-refractivity contribution in [2.75, 3.05) is 5.73 Å². The number of rotatable bonds is 2. The minimum Gasteiger partial charge on any atom is -0.368 e. The van der Waals surface area contributed by atoms with Crippen LogP contribution in [0.2, 0.25) is 19.6 Å². The first kappa shape index (κ1) is 19.2. The maximum Gasteiger partial charge on any atom is 0.273 e. The predicted octanol–water partition coefficient (Wildman–Crippen LogP) is 3.79. The molecule has 0 spiro atoms. The number of nitrogen functional groups attached to an aromatic ring is 1. The number of carbonyl (C=O) groups excluding carboxylic acids is 1. The molecule has 1 aliphatic heterocycles. The Hall–Kier alpha value is -3.17. The average molecular weight is 401 g/mol. The van der Waals surface area contributed by atoms with Gasteiger partial charge in [0.1, 0.15) is 13.8 Å². The van der Waals surface area contributed by atoms with Crippen molar-refractivity contribution in [1.29, 1.82) is 0 Å². The van der Waals surface area contributed by atoms with E-state index in [1.165, 1.54) is 11.1 Å². The van der Waals surface area contributed by atoms with Gasteiger partial charge in [0, 0.05) is 24.9 Å². The maximum absolute atomic E-state index is 13.3. The van der Waals surface area contributed by atoms with Crippen LogP contribution >= 0.6 is 0 Å². The van der Waals surface area contributed by atoms with Crippen LogP contribution < -0.4 is 5.73 Å². The fourth-order valence-corrected chi connectivity index (χ4v) is 4.12. The van der Waals surface area contributed by atoms with Crippen LogP contribution in [0.1, 0.15) is 27.2 Å². The number of anilines is 1. The molecule has 6 heteroatoms. The van der Waals surface area contributed by atoms with Gasteiger partial charge in [-0.1, -0.05) is 50.0 Å². The summed E-state index contributed by atoms with van der Waals surface area (Å²) in [6.07, 6.45) is 0.646. The molecule has 1 aliphatic rings. The summed E-state index contributed by atoms with van der Waals surface area (Å²) in [4.78, 5) is 23.7. The fourth-order valence-electron chi connectivity index (χ4n) is 3.50. The predicted molar refractivity (Wildman–Crippen MR) is 119 cm³/mol. The lowest BCUT2D eigenvalue weighted by Crippen LogP contribution is -2.27. The van der Waals surface area contributed by atoms with Crippen molar-refractivity contribution in [3.63, 3.8) is 0 Å². The molecule has 2 heterocycles. The zero-order valence-electron chi connectivity index (χ0n) is 17.0. The number of nitrogens with zero attached hydrogens (tertiary/aromatic N) is 3. The van der Waals surface area contributed by atoms with Crippen molar-refractivity contribution in [1.82, 2.24) is 14.9 Å². The summed E-state index contributed by atoms with van der Waals surface area (Å²) in [6, 6.07) is 14.0. The minimum absolute atomic E-state index is 0.115. The number of nitrogens with two attached hydrogens (primary N) is 1. The van der Waals surface area contributed by atoms with Gasteiger partial charge in [-0.05, 0) is 28.8 Å². The van der Waals surface area contributed by atoms with Gasteiger partial charge in [-0.2, -0.15) is 0 Å². The van der Waals surface area contributed by atoms with E-state index in [-0.39, 0.29) is 11.9 Å². The van der Waals surface area contributed by atoms with Gasteiger partial charge < -0.3 is 10.6 Å². The molecule has 0 radical (unpaired) electrons. The van der Waals surface area contributed by atoms with Crippen molar-refractivity contribution in [3.8, 4) is 11.5 Å². The van der Waals surface area contributed by atoms with Crippen molar-refractivity contribution < 1.29 is 4.79 Å². The van der Waals surface area contributed by atoms with E-state index in [0.717, 1.165) is 10.9 Å². The third-order valence-corrected chi connectivity index (χ3v) is 5.79. The standard InChI is InChI=1S/C23H24N4OSi/c1-29(2,3)12-6-7-16-10-11-20-19(13-16)21(26-23(24)25-20)22(28)27-14-17-8-4-5-9-18(17)15-27/h4-5,8-11,13H,7,14-15H2,1-3H3,(H2,24,25,26). The Labute approximate surface area is 172 Å². The molecule has 0 atom stereocenters. The van der Waals surface area contributed by atoms with E-state index in [9.17, 15) is 4.79 Å². The molecule has 1 aromatic heterocycles. The summed E-state index contributed by atoms with van der Waals surface area (Å²) >= 11 is 0. The average Bonchev–Trinajstić information content (AvgIpc) is 3.10. The first-order valence-corrected chi connectivity index (χ1v) is 13.2. The molecular weight excluding hydrogens is 376 g/mol. The Bertz CT molecular complexity index is 1150. The Morgan fingerprint density at radius 2 is 1.79 bits per heavy atom. The second-order valence-electron chi connectivity index (χ2n) is 8.44. The molecule has 0 bridgehead atoms. The van der Waals surface area contributed by atoms with Crippen LogP contribution in [0, 0.1) is 11.5 Å². The smallest absolute Gasteiger partial charge is 0.273 e. The first-order valence-electron chi connectivity index (χ1n) is 9.72. The Morgan fingerprint density at radius 3 is 2.45 bits per heavy atom. The summed E-state index contributed by atoms with van der Waals surface area (Å²) in [5.74, 6) is 3.28. The van der Waals surface area contributed by atoms with Crippen LogP contribution in [0.5, 0.6) is 0 Å². The molecule has 0 saturated heterocycles. The molecule has 1 amide bonds. The number of aromatic nitrogens is 2. The van der Waals surface area contributed by atoms with Crippen LogP contribution in [-0.4, -0.2) is 28.8 Å². The highest BCUT2D eigenvalue weighted by Crippen LogP contribution is 2.26. The molecule has 5 nitrogen and oxygen atoms in total. The highest BCUT2D eigenvalue weighted by molar-refractivity contribution is 6.83. The van der Waals surface area contributed by atoms with Gasteiger partial charge in [-0.15, -0.1) is 11.5 Å². The summed E-state index contributed by atoms with van der Waals surface area (Å²) in [5.41, 5.74) is 13.7. The Balaban J connectivity index is 1.68. The van der Waals surface area contributed by atoms with Crippen LogP contribution in [0.25, 0.3) is 10.9 Å². The zero-order chi connectivity index (χ0) is 20.6. The first-order chi connectivity index (χ1) is 13.8. The van der Waals surface area contributed by atoms with E-state index in [2.05, 4.69) is 53.2 Å². The molecular formula is C23H24N4OSi. The normalized spacial score (nSPS) is 13.1. The molecule has 146 valence electrons. The number of carbonyl (C=O) groups is 1. The third kappa shape index (κ3) is 4.15. The van der Waals surface area contributed by atoms with Gasteiger partial charge in [0.2, 0.25) is 5.95 Å². The van der Waals surface area contributed by atoms with Crippen molar-refractivity contribution >= 4 is 30.8 Å². The van der Waals surface area contributed by atoms with Crippen molar-refractivity contribution in [2.24, 2.45) is 0 Å². The molecule has 4 rings (SSSR count). The van der Waals surface area contributed by atoms with E-state index < -0.39 is 8.07 Å².